The number of ether oxygens (including phenoxy) is 2. The third-order valence-corrected chi connectivity index (χ3v) is 2.16. The van der Waals surface area contributed by atoms with E-state index >= 15 is 0 Å². The van der Waals surface area contributed by atoms with Crippen LogP contribution >= 0.6 is 0 Å². The molecule has 104 valence electrons. The zero-order valence-electron chi connectivity index (χ0n) is 9.27. The van der Waals surface area contributed by atoms with E-state index in [-0.39, 0.29) is 26.1 Å². The number of morpholine rings is 1. The molecule has 1 amide bonds. The van der Waals surface area contributed by atoms with Gasteiger partial charge in [0.1, 0.15) is 0 Å². The number of aliphatic carboxylic acids is 1. The van der Waals surface area contributed by atoms with Crippen LogP contribution in [0.2, 0.25) is 0 Å². The first-order chi connectivity index (χ1) is 8.28. The zero-order valence-corrected chi connectivity index (χ0v) is 9.27. The van der Waals surface area contributed by atoms with E-state index in [1.165, 1.54) is 0 Å². The Kier molecular flexibility index (Phi) is 4.76. The van der Waals surface area contributed by atoms with Crippen LogP contribution in [0.25, 0.3) is 0 Å². The van der Waals surface area contributed by atoms with Gasteiger partial charge < -0.3 is 19.5 Å². The zero-order chi connectivity index (χ0) is 13.8. The van der Waals surface area contributed by atoms with E-state index in [1.807, 2.05) is 0 Å². The van der Waals surface area contributed by atoms with Crippen molar-refractivity contribution in [2.24, 2.45) is 0 Å². The molecule has 0 aromatic heterocycles. The molecule has 0 aromatic rings. The minimum atomic E-state index is -4.58. The van der Waals surface area contributed by atoms with E-state index in [9.17, 15) is 22.8 Å². The van der Waals surface area contributed by atoms with Crippen LogP contribution in [0.3, 0.4) is 0 Å². The SMILES string of the molecule is O=C(O)CC1CN(C(=O)OCC(F)(F)F)CCO1. The molecular weight excluding hydrogens is 259 g/mol. The molecule has 0 bridgehead atoms. The van der Waals surface area contributed by atoms with E-state index in [4.69, 9.17) is 9.84 Å². The van der Waals surface area contributed by atoms with Crippen LogP contribution in [-0.4, -0.2) is 60.7 Å². The summed E-state index contributed by atoms with van der Waals surface area (Å²) >= 11 is 0. The van der Waals surface area contributed by atoms with Gasteiger partial charge in [-0.05, 0) is 0 Å². The van der Waals surface area contributed by atoms with E-state index in [0.717, 1.165) is 4.90 Å². The van der Waals surface area contributed by atoms with E-state index < -0.39 is 30.9 Å². The summed E-state index contributed by atoms with van der Waals surface area (Å²) in [5, 5.41) is 8.54. The minimum absolute atomic E-state index is 0.0685. The lowest BCUT2D eigenvalue weighted by molar-refractivity contribution is -0.164. The van der Waals surface area contributed by atoms with Crippen LogP contribution in [0.1, 0.15) is 6.42 Å². The number of carbonyl (C=O) groups excluding carboxylic acids is 1. The van der Waals surface area contributed by atoms with Crippen molar-refractivity contribution < 1.29 is 37.3 Å². The van der Waals surface area contributed by atoms with Gasteiger partial charge in [-0.2, -0.15) is 13.2 Å². The maximum atomic E-state index is 11.8. The Bertz CT molecular complexity index is 320. The number of carbonyl (C=O) groups is 2. The van der Waals surface area contributed by atoms with E-state index in [1.54, 1.807) is 0 Å². The Balaban J connectivity index is 2.41. The molecule has 18 heavy (non-hydrogen) atoms. The standard InChI is InChI=1S/C9H12F3NO5/c10-9(11,12)5-18-8(16)13-1-2-17-6(4-13)3-7(14)15/h6H,1-5H2,(H,14,15). The van der Waals surface area contributed by atoms with Gasteiger partial charge in [0.15, 0.2) is 6.61 Å². The summed E-state index contributed by atoms with van der Waals surface area (Å²) in [6.45, 7) is -1.61. The first kappa shape index (κ1) is 14.6. The maximum Gasteiger partial charge on any atom is 0.422 e. The van der Waals surface area contributed by atoms with Gasteiger partial charge >= 0.3 is 18.2 Å². The van der Waals surface area contributed by atoms with Crippen molar-refractivity contribution in [2.45, 2.75) is 18.7 Å². The highest BCUT2D eigenvalue weighted by atomic mass is 19.4. The molecule has 1 saturated heterocycles. The molecule has 1 heterocycles. The smallest absolute Gasteiger partial charge is 0.422 e. The summed E-state index contributed by atoms with van der Waals surface area (Å²) in [7, 11) is 0. The monoisotopic (exact) mass is 271 g/mol. The van der Waals surface area contributed by atoms with Gasteiger partial charge in [-0.15, -0.1) is 0 Å². The maximum absolute atomic E-state index is 11.8. The molecule has 0 saturated carbocycles. The number of carboxylic acids is 1. The van der Waals surface area contributed by atoms with Crippen molar-refractivity contribution in [3.8, 4) is 0 Å². The van der Waals surface area contributed by atoms with Crippen LogP contribution in [0.15, 0.2) is 0 Å². The Morgan fingerprint density at radius 2 is 2.11 bits per heavy atom. The molecule has 1 aliphatic heterocycles. The molecule has 1 rings (SSSR count). The molecule has 0 radical (unpaired) electrons. The number of carboxylic acid groups (broad SMARTS) is 1. The van der Waals surface area contributed by atoms with Crippen LogP contribution in [0.5, 0.6) is 0 Å². The highest BCUT2D eigenvalue weighted by molar-refractivity contribution is 5.69. The fraction of sp³-hybridized carbons (Fsp3) is 0.778. The van der Waals surface area contributed by atoms with Gasteiger partial charge in [-0.25, -0.2) is 4.79 Å². The Morgan fingerprint density at radius 3 is 2.67 bits per heavy atom. The highest BCUT2D eigenvalue weighted by Gasteiger charge is 2.32. The van der Waals surface area contributed by atoms with E-state index in [2.05, 4.69) is 4.74 Å². The van der Waals surface area contributed by atoms with Crippen molar-refractivity contribution >= 4 is 12.1 Å². The number of hydrogen-bond acceptors (Lipinski definition) is 4. The number of alkyl halides is 3. The van der Waals surface area contributed by atoms with Gasteiger partial charge in [0.2, 0.25) is 0 Å². The number of hydrogen-bond donors (Lipinski definition) is 1. The molecule has 9 heteroatoms. The molecule has 0 spiro atoms. The summed E-state index contributed by atoms with van der Waals surface area (Å²) in [6.07, 6.45) is -6.74. The minimum Gasteiger partial charge on any atom is -0.481 e. The Morgan fingerprint density at radius 1 is 1.44 bits per heavy atom. The molecule has 1 aliphatic rings. The second-order valence-corrected chi connectivity index (χ2v) is 3.71. The second kappa shape index (κ2) is 5.89. The average molecular weight is 271 g/mol. The highest BCUT2D eigenvalue weighted by Crippen LogP contribution is 2.16. The summed E-state index contributed by atoms with van der Waals surface area (Å²) in [4.78, 5) is 22.7. The largest absolute Gasteiger partial charge is 0.481 e. The molecule has 0 aromatic carbocycles. The van der Waals surface area contributed by atoms with Crippen molar-refractivity contribution in [1.29, 1.82) is 0 Å². The summed E-state index contributed by atoms with van der Waals surface area (Å²) in [5.41, 5.74) is 0. The molecule has 1 atom stereocenters. The van der Waals surface area contributed by atoms with Gasteiger partial charge in [0.25, 0.3) is 0 Å². The Labute approximate surface area is 100 Å². The van der Waals surface area contributed by atoms with Gasteiger partial charge in [0.05, 0.1) is 25.7 Å². The van der Waals surface area contributed by atoms with Crippen molar-refractivity contribution in [3.05, 3.63) is 0 Å². The lowest BCUT2D eigenvalue weighted by atomic mass is 10.2. The molecule has 1 unspecified atom stereocenters. The summed E-state index contributed by atoms with van der Waals surface area (Å²) in [5.74, 6) is -1.11. The van der Waals surface area contributed by atoms with Crippen LogP contribution in [0.4, 0.5) is 18.0 Å². The number of halogens is 3. The number of rotatable bonds is 3. The topological polar surface area (TPSA) is 76.1 Å². The number of nitrogens with zero attached hydrogens (tertiary/aromatic N) is 1. The van der Waals surface area contributed by atoms with Gasteiger partial charge in [0, 0.05) is 6.54 Å². The van der Waals surface area contributed by atoms with Crippen LogP contribution in [0, 0.1) is 0 Å². The first-order valence-electron chi connectivity index (χ1n) is 5.10. The molecule has 1 fully saturated rings. The quantitative estimate of drug-likeness (QED) is 0.824. The Hall–Kier alpha value is -1.51. The molecule has 6 nitrogen and oxygen atoms in total. The second-order valence-electron chi connectivity index (χ2n) is 3.71. The fourth-order valence-electron chi connectivity index (χ4n) is 1.44. The van der Waals surface area contributed by atoms with Crippen LogP contribution in [-0.2, 0) is 14.3 Å². The van der Waals surface area contributed by atoms with Crippen molar-refractivity contribution in [2.75, 3.05) is 26.3 Å². The van der Waals surface area contributed by atoms with Gasteiger partial charge in [-0.1, -0.05) is 0 Å². The number of amides is 1. The predicted octanol–water partition coefficient (Wildman–Crippen LogP) is 0.861. The summed E-state index contributed by atoms with van der Waals surface area (Å²) in [6, 6.07) is 0. The molecular formula is C9H12F3NO5. The predicted molar refractivity (Wildman–Crippen MR) is 51.0 cm³/mol. The van der Waals surface area contributed by atoms with Crippen molar-refractivity contribution in [1.82, 2.24) is 4.90 Å². The van der Waals surface area contributed by atoms with Crippen molar-refractivity contribution in [3.63, 3.8) is 0 Å². The first-order valence-corrected chi connectivity index (χ1v) is 5.10. The third kappa shape index (κ3) is 5.21. The van der Waals surface area contributed by atoms with Crippen LogP contribution < -0.4 is 0 Å². The average Bonchev–Trinajstić information content (AvgIpc) is 2.24. The lowest BCUT2D eigenvalue weighted by Crippen LogP contribution is -2.47. The fourth-order valence-corrected chi connectivity index (χ4v) is 1.44. The third-order valence-electron chi connectivity index (χ3n) is 2.16. The normalized spacial score (nSPS) is 20.6. The van der Waals surface area contributed by atoms with Gasteiger partial charge in [-0.3, -0.25) is 4.79 Å². The molecule has 0 aliphatic carbocycles. The molecule has 1 N–H and O–H groups in total. The lowest BCUT2D eigenvalue weighted by Gasteiger charge is -2.31. The summed E-state index contributed by atoms with van der Waals surface area (Å²) < 4.78 is 44.6. The van der Waals surface area contributed by atoms with E-state index in [0.29, 0.717) is 0 Å².